The molecule has 0 radical (unpaired) electrons. The lowest BCUT2D eigenvalue weighted by Gasteiger charge is -2.06. The molecule has 4 rings (SSSR count). The van der Waals surface area contributed by atoms with E-state index in [1.807, 2.05) is 37.3 Å². The van der Waals surface area contributed by atoms with Crippen LogP contribution in [-0.2, 0) is 6.42 Å². The van der Waals surface area contributed by atoms with Gasteiger partial charge in [0, 0.05) is 33.4 Å². The van der Waals surface area contributed by atoms with E-state index in [0.29, 0.717) is 11.2 Å². The van der Waals surface area contributed by atoms with E-state index in [2.05, 4.69) is 16.9 Å². The second-order valence-corrected chi connectivity index (χ2v) is 7.54. The zero-order valence-electron chi connectivity index (χ0n) is 14.3. The molecule has 0 aliphatic rings. The number of fused-ring (bicyclic) bond motifs is 1. The van der Waals surface area contributed by atoms with Gasteiger partial charge in [0.15, 0.2) is 0 Å². The van der Waals surface area contributed by atoms with Crippen molar-refractivity contribution in [3.05, 3.63) is 68.5 Å². The summed E-state index contributed by atoms with van der Waals surface area (Å²) in [4.78, 5) is 26.5. The summed E-state index contributed by atoms with van der Waals surface area (Å²) in [5.74, 6) is 0.540. The van der Waals surface area contributed by atoms with E-state index in [1.165, 1.54) is 0 Å². The molecule has 0 aliphatic carbocycles. The average molecular weight is 382 g/mol. The number of aromatic amines is 1. The van der Waals surface area contributed by atoms with Gasteiger partial charge in [-0.3, -0.25) is 9.78 Å². The van der Waals surface area contributed by atoms with Gasteiger partial charge in [0.1, 0.15) is 10.7 Å². The average Bonchev–Trinajstić information content (AvgIpc) is 3.04. The van der Waals surface area contributed by atoms with Crippen LogP contribution in [0.4, 0.5) is 0 Å². The van der Waals surface area contributed by atoms with E-state index < -0.39 is 0 Å². The second-order valence-electron chi connectivity index (χ2n) is 6.05. The minimum atomic E-state index is -0.132. The van der Waals surface area contributed by atoms with Crippen LogP contribution in [0.25, 0.3) is 32.7 Å². The monoisotopic (exact) mass is 381 g/mol. The van der Waals surface area contributed by atoms with Crippen LogP contribution >= 0.6 is 22.9 Å². The molecule has 1 aromatic carbocycles. The fraction of sp³-hybridized carbons (Fsp3) is 0.150. The predicted molar refractivity (Wildman–Crippen MR) is 108 cm³/mol. The predicted octanol–water partition coefficient (Wildman–Crippen LogP) is 5.24. The molecule has 3 aromatic heterocycles. The van der Waals surface area contributed by atoms with Crippen molar-refractivity contribution in [3.8, 4) is 22.5 Å². The molecule has 4 nitrogen and oxygen atoms in total. The molecule has 0 fully saturated rings. The maximum absolute atomic E-state index is 12.9. The number of H-pyrrole nitrogens is 1. The topological polar surface area (TPSA) is 58.6 Å². The Labute approximate surface area is 159 Å². The summed E-state index contributed by atoms with van der Waals surface area (Å²) < 4.78 is 0. The summed E-state index contributed by atoms with van der Waals surface area (Å²) in [5.41, 5.74) is 3.60. The number of pyridine rings is 1. The number of benzene rings is 1. The number of hydrogen-bond acceptors (Lipinski definition) is 4. The largest absolute Gasteiger partial charge is 0.306 e. The lowest BCUT2D eigenvalue weighted by Crippen LogP contribution is -2.09. The summed E-state index contributed by atoms with van der Waals surface area (Å²) in [7, 11) is 0. The highest BCUT2D eigenvalue weighted by atomic mass is 35.5. The lowest BCUT2D eigenvalue weighted by molar-refractivity contribution is 1.17. The van der Waals surface area contributed by atoms with Crippen LogP contribution < -0.4 is 5.56 Å². The number of rotatable bonds is 3. The van der Waals surface area contributed by atoms with Gasteiger partial charge in [0.2, 0.25) is 0 Å². The van der Waals surface area contributed by atoms with Crippen LogP contribution in [0.15, 0.2) is 47.5 Å². The van der Waals surface area contributed by atoms with Crippen LogP contribution in [0.2, 0.25) is 5.02 Å². The highest BCUT2D eigenvalue weighted by Crippen LogP contribution is 2.38. The maximum atomic E-state index is 12.9. The Hall–Kier alpha value is -2.50. The van der Waals surface area contributed by atoms with Gasteiger partial charge in [-0.15, -0.1) is 11.3 Å². The molecule has 0 spiro atoms. The number of thiophene rings is 1. The van der Waals surface area contributed by atoms with Crippen LogP contribution in [0.5, 0.6) is 0 Å². The molecule has 0 unspecified atom stereocenters. The fourth-order valence-corrected chi connectivity index (χ4v) is 4.30. The van der Waals surface area contributed by atoms with Crippen molar-refractivity contribution < 1.29 is 0 Å². The van der Waals surface area contributed by atoms with Crippen LogP contribution in [-0.4, -0.2) is 15.0 Å². The van der Waals surface area contributed by atoms with Crippen molar-refractivity contribution in [2.75, 3.05) is 0 Å². The molecule has 130 valence electrons. The minimum absolute atomic E-state index is 0.132. The number of halogens is 1. The van der Waals surface area contributed by atoms with Gasteiger partial charge in [-0.25, -0.2) is 4.98 Å². The van der Waals surface area contributed by atoms with Crippen molar-refractivity contribution in [1.29, 1.82) is 0 Å². The van der Waals surface area contributed by atoms with E-state index in [9.17, 15) is 4.79 Å². The maximum Gasteiger partial charge on any atom is 0.260 e. The Bertz CT molecular complexity index is 1170. The first kappa shape index (κ1) is 16.9. The molecule has 0 saturated carbocycles. The van der Waals surface area contributed by atoms with Gasteiger partial charge < -0.3 is 4.98 Å². The van der Waals surface area contributed by atoms with E-state index in [4.69, 9.17) is 16.6 Å². The van der Waals surface area contributed by atoms with Gasteiger partial charge in [-0.05, 0) is 48.7 Å². The van der Waals surface area contributed by atoms with Crippen molar-refractivity contribution in [1.82, 2.24) is 15.0 Å². The van der Waals surface area contributed by atoms with Crippen molar-refractivity contribution >= 4 is 33.2 Å². The molecule has 0 aliphatic heterocycles. The molecule has 4 aromatic rings. The molecule has 1 N–H and O–H groups in total. The molecule has 3 heterocycles. The molecule has 0 atom stereocenters. The van der Waals surface area contributed by atoms with Gasteiger partial charge >= 0.3 is 0 Å². The normalized spacial score (nSPS) is 11.2. The van der Waals surface area contributed by atoms with E-state index in [-0.39, 0.29) is 5.56 Å². The molecule has 26 heavy (non-hydrogen) atoms. The second kappa shape index (κ2) is 6.67. The molecule has 6 heteroatoms. The zero-order valence-corrected chi connectivity index (χ0v) is 15.9. The molecule has 0 amide bonds. The number of nitrogens with one attached hydrogen (secondary N) is 1. The first-order valence-electron chi connectivity index (χ1n) is 8.31. The Kier molecular flexibility index (Phi) is 4.34. The van der Waals surface area contributed by atoms with Crippen molar-refractivity contribution in [2.24, 2.45) is 0 Å². The van der Waals surface area contributed by atoms with Gasteiger partial charge in [-0.1, -0.05) is 24.6 Å². The SMILES string of the molecule is CCc1sc2nc(-c3cccnc3)[nH]c(=O)c2c1-c1ccc(Cl)c(C)c1. The standard InChI is InChI=1S/C20H16ClN3OS/c1-3-15-16(12-6-7-14(21)11(2)9-12)17-19(25)23-18(24-20(17)26-15)13-5-4-8-22-10-13/h4-10H,3H2,1-2H3,(H,23,24,25). The Morgan fingerprint density at radius 1 is 1.23 bits per heavy atom. The van der Waals surface area contributed by atoms with E-state index >= 15 is 0 Å². The number of aryl methyl sites for hydroxylation is 2. The zero-order chi connectivity index (χ0) is 18.3. The summed E-state index contributed by atoms with van der Waals surface area (Å²) >= 11 is 7.74. The highest BCUT2D eigenvalue weighted by molar-refractivity contribution is 7.19. The van der Waals surface area contributed by atoms with Crippen LogP contribution in [0, 0.1) is 6.92 Å². The fourth-order valence-electron chi connectivity index (χ4n) is 3.05. The van der Waals surface area contributed by atoms with Crippen molar-refractivity contribution in [2.45, 2.75) is 20.3 Å². The summed E-state index contributed by atoms with van der Waals surface area (Å²) in [5, 5.41) is 1.36. The highest BCUT2D eigenvalue weighted by Gasteiger charge is 2.19. The lowest BCUT2D eigenvalue weighted by atomic mass is 10.0. The smallest absolute Gasteiger partial charge is 0.260 e. The van der Waals surface area contributed by atoms with Crippen LogP contribution in [0.3, 0.4) is 0 Å². The third kappa shape index (κ3) is 2.83. The quantitative estimate of drug-likeness (QED) is 0.528. The number of nitrogens with zero attached hydrogens (tertiary/aromatic N) is 2. The van der Waals surface area contributed by atoms with Gasteiger partial charge in [0.05, 0.1) is 5.39 Å². The molecular formula is C20H16ClN3OS. The Morgan fingerprint density at radius 3 is 2.77 bits per heavy atom. The van der Waals surface area contributed by atoms with Gasteiger partial charge in [-0.2, -0.15) is 0 Å². The van der Waals surface area contributed by atoms with Crippen LogP contribution in [0.1, 0.15) is 17.4 Å². The van der Waals surface area contributed by atoms with Gasteiger partial charge in [0.25, 0.3) is 5.56 Å². The minimum Gasteiger partial charge on any atom is -0.306 e. The summed E-state index contributed by atoms with van der Waals surface area (Å²) in [6.07, 6.45) is 4.23. The number of aromatic nitrogens is 3. The summed E-state index contributed by atoms with van der Waals surface area (Å²) in [6.45, 7) is 4.06. The molecule has 0 bridgehead atoms. The Balaban J connectivity index is 1.99. The molecule has 0 saturated heterocycles. The number of hydrogen-bond donors (Lipinski definition) is 1. The van der Waals surface area contributed by atoms with E-state index in [0.717, 1.165) is 43.4 Å². The Morgan fingerprint density at radius 2 is 2.08 bits per heavy atom. The first-order chi connectivity index (χ1) is 12.6. The molecular weight excluding hydrogens is 366 g/mol. The van der Waals surface area contributed by atoms with E-state index in [1.54, 1.807) is 23.7 Å². The van der Waals surface area contributed by atoms with Crippen molar-refractivity contribution in [3.63, 3.8) is 0 Å². The first-order valence-corrected chi connectivity index (χ1v) is 9.50. The third-order valence-electron chi connectivity index (χ3n) is 4.34. The third-order valence-corrected chi connectivity index (χ3v) is 5.99. The summed E-state index contributed by atoms with van der Waals surface area (Å²) in [6, 6.07) is 9.57.